The van der Waals surface area contributed by atoms with E-state index in [-0.39, 0.29) is 18.4 Å². The average molecular weight is 544 g/mol. The maximum absolute atomic E-state index is 13.5. The first-order valence-electron chi connectivity index (χ1n) is 14.2. The summed E-state index contributed by atoms with van der Waals surface area (Å²) in [7, 11) is 2.06. The van der Waals surface area contributed by atoms with Gasteiger partial charge < -0.3 is 24.6 Å². The summed E-state index contributed by atoms with van der Waals surface area (Å²) < 4.78 is 11.7. The Morgan fingerprint density at radius 2 is 1.70 bits per heavy atom. The van der Waals surface area contributed by atoms with Crippen LogP contribution in [-0.4, -0.2) is 49.6 Å². The smallest absolute Gasteiger partial charge is 0.261 e. The molecule has 0 aromatic heterocycles. The maximum Gasteiger partial charge on any atom is 0.261 e. The van der Waals surface area contributed by atoms with Gasteiger partial charge in [0.2, 0.25) is 5.91 Å². The van der Waals surface area contributed by atoms with E-state index in [9.17, 15) is 9.59 Å². The Hall–Kier alpha value is -4.00. The van der Waals surface area contributed by atoms with Gasteiger partial charge >= 0.3 is 0 Å². The Morgan fingerprint density at radius 1 is 0.950 bits per heavy atom. The van der Waals surface area contributed by atoms with Gasteiger partial charge in [0.25, 0.3) is 5.91 Å². The van der Waals surface area contributed by atoms with E-state index in [1.807, 2.05) is 67.6 Å². The minimum atomic E-state index is -0.522. The molecule has 0 spiro atoms. The first-order valence-corrected chi connectivity index (χ1v) is 14.2. The van der Waals surface area contributed by atoms with Gasteiger partial charge in [-0.1, -0.05) is 49.4 Å². The van der Waals surface area contributed by atoms with E-state index < -0.39 is 6.04 Å². The highest BCUT2D eigenvalue weighted by Gasteiger charge is 2.31. The Kier molecular flexibility index (Phi) is 10.4. The van der Waals surface area contributed by atoms with Gasteiger partial charge in [-0.3, -0.25) is 9.59 Å². The predicted octanol–water partition coefficient (Wildman–Crippen LogP) is 5.50. The van der Waals surface area contributed by atoms with Crippen LogP contribution in [0.4, 0.5) is 5.69 Å². The molecule has 1 unspecified atom stereocenters. The van der Waals surface area contributed by atoms with Crippen LogP contribution in [0.1, 0.15) is 49.3 Å². The number of hydrogen-bond donors (Lipinski definition) is 1. The molecule has 1 saturated heterocycles. The van der Waals surface area contributed by atoms with Crippen molar-refractivity contribution >= 4 is 17.5 Å². The van der Waals surface area contributed by atoms with Crippen molar-refractivity contribution in [3.63, 3.8) is 0 Å². The molecular formula is C33H41N3O4. The number of nitrogens with one attached hydrogen (secondary N) is 1. The molecule has 1 N–H and O–H groups in total. The number of hydrogen-bond acceptors (Lipinski definition) is 5. The van der Waals surface area contributed by atoms with Gasteiger partial charge in [0.1, 0.15) is 17.5 Å². The highest BCUT2D eigenvalue weighted by molar-refractivity contribution is 5.88. The summed E-state index contributed by atoms with van der Waals surface area (Å²) in [5.41, 5.74) is 4.26. The van der Waals surface area contributed by atoms with Crippen molar-refractivity contribution in [3.8, 4) is 11.5 Å². The van der Waals surface area contributed by atoms with Gasteiger partial charge in [-0.15, -0.1) is 0 Å². The molecule has 7 heteroatoms. The number of para-hydroxylation sites is 1. The number of carbonyl (C=O) groups excluding carboxylic acids is 2. The van der Waals surface area contributed by atoms with Gasteiger partial charge in [0, 0.05) is 32.4 Å². The highest BCUT2D eigenvalue weighted by atomic mass is 16.5. The van der Waals surface area contributed by atoms with Crippen molar-refractivity contribution in [1.82, 2.24) is 10.2 Å². The molecule has 0 bridgehead atoms. The molecule has 1 aliphatic heterocycles. The second-order valence-corrected chi connectivity index (χ2v) is 10.4. The minimum absolute atomic E-state index is 0.0997. The van der Waals surface area contributed by atoms with Gasteiger partial charge in [0.15, 0.2) is 6.61 Å². The van der Waals surface area contributed by atoms with E-state index in [1.165, 1.54) is 0 Å². The Morgan fingerprint density at radius 3 is 2.42 bits per heavy atom. The molecule has 4 rings (SSSR count). The number of carbonyl (C=O) groups is 2. The molecule has 3 aromatic carbocycles. The van der Waals surface area contributed by atoms with E-state index in [2.05, 4.69) is 36.3 Å². The van der Waals surface area contributed by atoms with Crippen LogP contribution in [0.15, 0.2) is 72.8 Å². The van der Waals surface area contributed by atoms with Crippen LogP contribution < -0.4 is 19.7 Å². The largest absolute Gasteiger partial charge is 0.493 e. The normalized spacial score (nSPS) is 15.1. The third kappa shape index (κ3) is 8.01. The van der Waals surface area contributed by atoms with Crippen molar-refractivity contribution in [1.29, 1.82) is 0 Å². The topological polar surface area (TPSA) is 71.1 Å². The number of aryl methyl sites for hydroxylation is 1. The maximum atomic E-state index is 13.5. The fourth-order valence-corrected chi connectivity index (χ4v) is 4.94. The molecule has 2 amide bonds. The zero-order valence-electron chi connectivity index (χ0n) is 23.9. The van der Waals surface area contributed by atoms with Gasteiger partial charge in [-0.25, -0.2) is 0 Å². The van der Waals surface area contributed by atoms with Crippen LogP contribution >= 0.6 is 0 Å². The highest BCUT2D eigenvalue weighted by Crippen LogP contribution is 2.23. The molecule has 1 atom stereocenters. The second-order valence-electron chi connectivity index (χ2n) is 10.4. The summed E-state index contributed by atoms with van der Waals surface area (Å²) in [6, 6.07) is 23.5. The molecule has 40 heavy (non-hydrogen) atoms. The Balaban J connectivity index is 1.42. The Bertz CT molecular complexity index is 1250. The third-order valence-electron chi connectivity index (χ3n) is 7.16. The summed E-state index contributed by atoms with van der Waals surface area (Å²) in [4.78, 5) is 30.3. The average Bonchev–Trinajstić information content (AvgIpc) is 3.19. The molecule has 0 aliphatic carbocycles. The van der Waals surface area contributed by atoms with E-state index in [0.29, 0.717) is 31.9 Å². The van der Waals surface area contributed by atoms with E-state index in [4.69, 9.17) is 9.47 Å². The van der Waals surface area contributed by atoms with Gasteiger partial charge in [0.05, 0.1) is 6.61 Å². The minimum Gasteiger partial charge on any atom is -0.493 e. The fraction of sp³-hybridized carbons (Fsp3) is 0.394. The summed E-state index contributed by atoms with van der Waals surface area (Å²) in [5, 5.41) is 2.97. The molecular weight excluding hydrogens is 502 g/mol. The first-order chi connectivity index (χ1) is 19.4. The number of nitrogens with zero attached hydrogens (tertiary/aromatic N) is 2. The van der Waals surface area contributed by atoms with Gasteiger partial charge in [-0.2, -0.15) is 0 Å². The molecule has 0 saturated carbocycles. The number of rotatable bonds is 12. The molecule has 1 heterocycles. The number of amides is 2. The lowest BCUT2D eigenvalue weighted by atomic mass is 10.1. The molecule has 1 aliphatic rings. The number of ether oxygens (including phenoxy) is 2. The molecule has 1 fully saturated rings. The predicted molar refractivity (Wildman–Crippen MR) is 159 cm³/mol. The zero-order valence-corrected chi connectivity index (χ0v) is 23.9. The summed E-state index contributed by atoms with van der Waals surface area (Å²) in [6.45, 7) is 6.34. The van der Waals surface area contributed by atoms with Crippen molar-refractivity contribution in [2.24, 2.45) is 0 Å². The van der Waals surface area contributed by atoms with Crippen LogP contribution in [0, 0.1) is 6.92 Å². The first kappa shape index (κ1) is 29.0. The van der Waals surface area contributed by atoms with E-state index in [1.54, 1.807) is 4.90 Å². The second kappa shape index (κ2) is 14.4. The lowest BCUT2D eigenvalue weighted by Gasteiger charge is -2.30. The molecule has 212 valence electrons. The van der Waals surface area contributed by atoms with Crippen LogP contribution in [-0.2, 0) is 22.7 Å². The van der Waals surface area contributed by atoms with Crippen molar-refractivity contribution in [2.45, 2.75) is 58.7 Å². The monoisotopic (exact) mass is 543 g/mol. The standard InChI is InChI=1S/C33H41N3O4/c1-4-20-39-31-18-15-27(21-25(31)2)23-36(30-12-8-9-19-34-33(30)38)32(37)24-40-29-16-13-26(14-17-29)22-35(3)28-10-6-5-7-11-28/h5-7,10-11,13-18,21,30H,4,8-9,12,19-20,22-24H2,1-3H3,(H,34,38). The van der Waals surface area contributed by atoms with E-state index >= 15 is 0 Å². The van der Waals surface area contributed by atoms with Crippen LogP contribution in [0.5, 0.6) is 11.5 Å². The van der Waals surface area contributed by atoms with Crippen LogP contribution in [0.3, 0.4) is 0 Å². The lowest BCUT2D eigenvalue weighted by molar-refractivity contribution is -0.142. The van der Waals surface area contributed by atoms with Crippen LogP contribution in [0.25, 0.3) is 0 Å². The van der Waals surface area contributed by atoms with E-state index in [0.717, 1.165) is 53.9 Å². The summed E-state index contributed by atoms with van der Waals surface area (Å²) in [6.07, 6.45) is 3.37. The third-order valence-corrected chi connectivity index (χ3v) is 7.16. The van der Waals surface area contributed by atoms with Crippen molar-refractivity contribution in [3.05, 3.63) is 89.5 Å². The number of anilines is 1. The number of benzene rings is 3. The lowest BCUT2D eigenvalue weighted by Crippen LogP contribution is -2.49. The molecule has 3 aromatic rings. The zero-order chi connectivity index (χ0) is 28.3. The fourth-order valence-electron chi connectivity index (χ4n) is 4.94. The summed E-state index contributed by atoms with van der Waals surface area (Å²) in [5.74, 6) is 1.16. The van der Waals surface area contributed by atoms with Gasteiger partial charge in [-0.05, 0) is 79.6 Å². The quantitative estimate of drug-likeness (QED) is 0.327. The Labute approximate surface area is 238 Å². The molecule has 0 radical (unpaired) electrons. The van der Waals surface area contributed by atoms with Crippen molar-refractivity contribution in [2.75, 3.05) is 31.7 Å². The van der Waals surface area contributed by atoms with Crippen molar-refractivity contribution < 1.29 is 19.1 Å². The van der Waals surface area contributed by atoms with Crippen LogP contribution in [0.2, 0.25) is 0 Å². The molecule has 7 nitrogen and oxygen atoms in total. The SMILES string of the molecule is CCCOc1ccc(CN(C(=O)COc2ccc(CN(C)c3ccccc3)cc2)C2CCCCNC2=O)cc1C. The summed E-state index contributed by atoms with van der Waals surface area (Å²) >= 11 is 0.